The Labute approximate surface area is 102 Å². The van der Waals surface area contributed by atoms with Crippen molar-refractivity contribution >= 4 is 17.5 Å². The Bertz CT molecular complexity index is 539. The molecular weight excluding hydrogens is 241 g/mol. The molecule has 1 aromatic carbocycles. The van der Waals surface area contributed by atoms with Crippen LogP contribution in [0.25, 0.3) is 0 Å². The summed E-state index contributed by atoms with van der Waals surface area (Å²) in [6.45, 7) is 1.80. The van der Waals surface area contributed by atoms with E-state index in [1.807, 2.05) is 0 Å². The molecule has 0 saturated carbocycles. The van der Waals surface area contributed by atoms with Gasteiger partial charge < -0.3 is 4.42 Å². The molecule has 2 aromatic rings. The maximum absolute atomic E-state index is 13.3. The summed E-state index contributed by atoms with van der Waals surface area (Å²) in [6.07, 6.45) is 1.51. The molecular formula is C12H10FNO2S. The third kappa shape index (κ3) is 2.94. The molecule has 0 saturated heterocycles. The molecule has 0 aliphatic rings. The minimum Gasteiger partial charge on any atom is -0.440 e. The number of Topliss-reactive ketones (excluding diaryl/α,β-unsaturated/α-hetero) is 1. The average Bonchev–Trinajstić information content (AvgIpc) is 2.73. The molecule has 17 heavy (non-hydrogen) atoms. The summed E-state index contributed by atoms with van der Waals surface area (Å²) >= 11 is 1.16. The molecule has 1 heterocycles. The van der Waals surface area contributed by atoms with Gasteiger partial charge >= 0.3 is 0 Å². The van der Waals surface area contributed by atoms with Crippen LogP contribution in [0.3, 0.4) is 0 Å². The van der Waals surface area contributed by atoms with E-state index in [0.717, 1.165) is 17.5 Å². The first-order valence-electron chi connectivity index (χ1n) is 4.99. The second-order valence-electron chi connectivity index (χ2n) is 3.45. The van der Waals surface area contributed by atoms with Gasteiger partial charge in [-0.25, -0.2) is 9.37 Å². The van der Waals surface area contributed by atoms with E-state index in [1.54, 1.807) is 19.1 Å². The van der Waals surface area contributed by atoms with Gasteiger partial charge in [0.05, 0.1) is 17.0 Å². The molecule has 0 spiro atoms. The number of carbonyl (C=O) groups excluding carboxylic acids is 1. The second-order valence-corrected chi connectivity index (χ2v) is 4.37. The van der Waals surface area contributed by atoms with Gasteiger partial charge in [-0.05, 0) is 19.1 Å². The summed E-state index contributed by atoms with van der Waals surface area (Å²) in [5.74, 6) is -0.661. The number of hydrogen-bond acceptors (Lipinski definition) is 4. The summed E-state index contributed by atoms with van der Waals surface area (Å²) in [4.78, 5) is 15.8. The van der Waals surface area contributed by atoms with E-state index in [0.29, 0.717) is 5.22 Å². The molecule has 0 aliphatic carbocycles. The second kappa shape index (κ2) is 5.14. The first kappa shape index (κ1) is 11.9. The summed E-state index contributed by atoms with van der Waals surface area (Å²) in [6, 6.07) is 5.93. The van der Waals surface area contributed by atoms with E-state index in [1.165, 1.54) is 18.4 Å². The Morgan fingerprint density at radius 1 is 1.47 bits per heavy atom. The van der Waals surface area contributed by atoms with Gasteiger partial charge in [0.1, 0.15) is 12.1 Å². The smallest absolute Gasteiger partial charge is 0.256 e. The standard InChI is InChI=1S/C12H10FNO2S/c1-8-6-16-12(14-8)17-7-11(15)9-4-2-3-5-10(9)13/h2-6H,7H2,1H3. The third-order valence-corrected chi connectivity index (χ3v) is 2.94. The highest BCUT2D eigenvalue weighted by atomic mass is 32.2. The van der Waals surface area contributed by atoms with Crippen LogP contribution < -0.4 is 0 Å². The average molecular weight is 251 g/mol. The van der Waals surface area contributed by atoms with Crippen LogP contribution in [0.2, 0.25) is 0 Å². The van der Waals surface area contributed by atoms with Crippen LogP contribution in [0.15, 0.2) is 40.2 Å². The lowest BCUT2D eigenvalue weighted by molar-refractivity contribution is 0.101. The molecule has 0 aliphatic heterocycles. The van der Waals surface area contributed by atoms with E-state index in [9.17, 15) is 9.18 Å². The summed E-state index contributed by atoms with van der Waals surface area (Å²) in [7, 11) is 0. The van der Waals surface area contributed by atoms with Gasteiger partial charge in [-0.1, -0.05) is 23.9 Å². The molecule has 3 nitrogen and oxygen atoms in total. The molecule has 0 N–H and O–H groups in total. The largest absolute Gasteiger partial charge is 0.440 e. The third-order valence-electron chi connectivity index (χ3n) is 2.10. The molecule has 1 aromatic heterocycles. The highest BCUT2D eigenvalue weighted by Crippen LogP contribution is 2.19. The predicted molar refractivity (Wildman–Crippen MR) is 62.7 cm³/mol. The van der Waals surface area contributed by atoms with Crippen molar-refractivity contribution in [1.82, 2.24) is 4.98 Å². The topological polar surface area (TPSA) is 43.1 Å². The van der Waals surface area contributed by atoms with Crippen molar-refractivity contribution in [3.63, 3.8) is 0 Å². The van der Waals surface area contributed by atoms with Crippen molar-refractivity contribution in [3.05, 3.63) is 47.6 Å². The van der Waals surface area contributed by atoms with Crippen molar-refractivity contribution in [2.45, 2.75) is 12.1 Å². The van der Waals surface area contributed by atoms with Gasteiger partial charge in [0.25, 0.3) is 5.22 Å². The number of nitrogens with zero attached hydrogens (tertiary/aromatic N) is 1. The fraction of sp³-hybridized carbons (Fsp3) is 0.167. The van der Waals surface area contributed by atoms with E-state index in [2.05, 4.69) is 4.98 Å². The number of ketones is 1. The van der Waals surface area contributed by atoms with Gasteiger partial charge in [0, 0.05) is 0 Å². The number of carbonyl (C=O) groups is 1. The highest BCUT2D eigenvalue weighted by Gasteiger charge is 2.12. The Kier molecular flexibility index (Phi) is 3.58. The van der Waals surface area contributed by atoms with E-state index in [4.69, 9.17) is 4.42 Å². The van der Waals surface area contributed by atoms with Crippen LogP contribution in [0.5, 0.6) is 0 Å². The number of halogens is 1. The lowest BCUT2D eigenvalue weighted by atomic mass is 10.1. The summed E-state index contributed by atoms with van der Waals surface area (Å²) in [5, 5.41) is 0.423. The predicted octanol–water partition coefficient (Wildman–Crippen LogP) is 3.10. The van der Waals surface area contributed by atoms with E-state index >= 15 is 0 Å². The molecule has 0 bridgehead atoms. The fourth-order valence-corrected chi connectivity index (χ4v) is 2.03. The number of aromatic nitrogens is 1. The Balaban J connectivity index is 2.01. The summed E-state index contributed by atoms with van der Waals surface area (Å²) < 4.78 is 18.4. The highest BCUT2D eigenvalue weighted by molar-refractivity contribution is 7.99. The number of aryl methyl sites for hydroxylation is 1. The molecule has 88 valence electrons. The Hall–Kier alpha value is -1.62. The van der Waals surface area contributed by atoms with Crippen LogP contribution in [0, 0.1) is 12.7 Å². The number of oxazole rings is 1. The van der Waals surface area contributed by atoms with Crippen LogP contribution in [-0.2, 0) is 0 Å². The Morgan fingerprint density at radius 3 is 2.88 bits per heavy atom. The Morgan fingerprint density at radius 2 is 2.24 bits per heavy atom. The van der Waals surface area contributed by atoms with Crippen molar-refractivity contribution < 1.29 is 13.6 Å². The molecule has 0 amide bonds. The maximum Gasteiger partial charge on any atom is 0.256 e. The van der Waals surface area contributed by atoms with E-state index in [-0.39, 0.29) is 17.1 Å². The first-order chi connectivity index (χ1) is 8.16. The van der Waals surface area contributed by atoms with Gasteiger partial charge in [-0.15, -0.1) is 0 Å². The zero-order chi connectivity index (χ0) is 12.3. The SMILES string of the molecule is Cc1coc(SCC(=O)c2ccccc2F)n1. The molecule has 5 heteroatoms. The van der Waals surface area contributed by atoms with Crippen molar-refractivity contribution in [3.8, 4) is 0 Å². The zero-order valence-electron chi connectivity index (χ0n) is 9.14. The van der Waals surface area contributed by atoms with Crippen molar-refractivity contribution in [1.29, 1.82) is 0 Å². The zero-order valence-corrected chi connectivity index (χ0v) is 9.96. The lowest BCUT2D eigenvalue weighted by Gasteiger charge is -2.00. The molecule has 2 rings (SSSR count). The minimum absolute atomic E-state index is 0.100. The van der Waals surface area contributed by atoms with Crippen LogP contribution in [0.1, 0.15) is 16.1 Å². The fourth-order valence-electron chi connectivity index (χ4n) is 1.29. The molecule has 0 fully saturated rings. The molecule has 0 unspecified atom stereocenters. The summed E-state index contributed by atoms with van der Waals surface area (Å²) in [5.41, 5.74) is 0.856. The van der Waals surface area contributed by atoms with Crippen molar-refractivity contribution in [2.75, 3.05) is 5.75 Å². The van der Waals surface area contributed by atoms with Gasteiger partial charge in [-0.3, -0.25) is 4.79 Å². The normalized spacial score (nSPS) is 10.5. The van der Waals surface area contributed by atoms with Gasteiger partial charge in [0.2, 0.25) is 0 Å². The monoisotopic (exact) mass is 251 g/mol. The number of thioether (sulfide) groups is 1. The van der Waals surface area contributed by atoms with Crippen LogP contribution >= 0.6 is 11.8 Å². The number of hydrogen-bond donors (Lipinski definition) is 0. The quantitative estimate of drug-likeness (QED) is 0.618. The lowest BCUT2D eigenvalue weighted by Crippen LogP contribution is -2.04. The van der Waals surface area contributed by atoms with Gasteiger partial charge in [-0.2, -0.15) is 0 Å². The molecule has 0 radical (unpaired) electrons. The maximum atomic E-state index is 13.3. The van der Waals surface area contributed by atoms with Crippen LogP contribution in [0.4, 0.5) is 4.39 Å². The first-order valence-corrected chi connectivity index (χ1v) is 5.98. The van der Waals surface area contributed by atoms with Crippen molar-refractivity contribution in [2.24, 2.45) is 0 Å². The van der Waals surface area contributed by atoms with Crippen LogP contribution in [-0.4, -0.2) is 16.5 Å². The number of rotatable bonds is 4. The molecule has 0 atom stereocenters. The van der Waals surface area contributed by atoms with Gasteiger partial charge in [0.15, 0.2) is 5.78 Å². The van der Waals surface area contributed by atoms with E-state index < -0.39 is 5.82 Å². The minimum atomic E-state index is -0.498. The number of benzene rings is 1.